The van der Waals surface area contributed by atoms with E-state index < -0.39 is 0 Å². The predicted molar refractivity (Wildman–Crippen MR) is 86.0 cm³/mol. The van der Waals surface area contributed by atoms with Crippen molar-refractivity contribution in [2.24, 2.45) is 0 Å². The minimum absolute atomic E-state index is 0.157. The molecule has 0 unspecified atom stereocenters. The number of carbonyl (C=O) groups is 1. The van der Waals surface area contributed by atoms with Crippen molar-refractivity contribution in [3.63, 3.8) is 0 Å². The molecule has 2 rings (SSSR count). The number of benzene rings is 2. The fraction of sp³-hybridized carbons (Fsp3) is 0.222. The summed E-state index contributed by atoms with van der Waals surface area (Å²) in [7, 11) is 1.57. The Kier molecular flexibility index (Phi) is 5.73. The van der Waals surface area contributed by atoms with Gasteiger partial charge in [0, 0.05) is 18.7 Å². The van der Waals surface area contributed by atoms with E-state index in [1.165, 1.54) is 4.90 Å². The average molecular weight is 310 g/mol. The molecule has 0 aliphatic rings. The molecule has 0 bridgehead atoms. The lowest BCUT2D eigenvalue weighted by Crippen LogP contribution is -2.33. The van der Waals surface area contributed by atoms with E-state index in [1.807, 2.05) is 30.3 Å². The molecule has 1 N–H and O–H groups in total. The van der Waals surface area contributed by atoms with Crippen molar-refractivity contribution in [1.82, 2.24) is 4.90 Å². The number of hydrogen-bond donors (Lipinski definition) is 1. The van der Waals surface area contributed by atoms with Crippen LogP contribution in [-0.2, 0) is 6.54 Å². The van der Waals surface area contributed by atoms with Crippen molar-refractivity contribution < 1.29 is 14.6 Å². The molecule has 0 heterocycles. The van der Waals surface area contributed by atoms with Gasteiger partial charge < -0.3 is 14.7 Å². The van der Waals surface area contributed by atoms with Gasteiger partial charge in [0.1, 0.15) is 5.75 Å². The summed E-state index contributed by atoms with van der Waals surface area (Å²) in [4.78, 5) is 14.2. The molecule has 0 radical (unpaired) electrons. The lowest BCUT2D eigenvalue weighted by atomic mass is 10.1. The zero-order valence-electron chi connectivity index (χ0n) is 12.9. The van der Waals surface area contributed by atoms with Crippen molar-refractivity contribution in [3.05, 3.63) is 65.2 Å². The van der Waals surface area contributed by atoms with Crippen molar-refractivity contribution in [1.29, 1.82) is 5.26 Å². The normalized spacial score (nSPS) is 9.96. The molecule has 0 fully saturated rings. The van der Waals surface area contributed by atoms with Crippen LogP contribution in [0.4, 0.5) is 0 Å². The number of methoxy groups -OCH3 is 1. The SMILES string of the molecule is COc1ccccc1CN(CCO)C(=O)c1ccccc1C#N. The van der Waals surface area contributed by atoms with Gasteiger partial charge in [-0.2, -0.15) is 5.26 Å². The smallest absolute Gasteiger partial charge is 0.255 e. The molecule has 0 spiro atoms. The van der Waals surface area contributed by atoms with Gasteiger partial charge in [0.15, 0.2) is 0 Å². The molecule has 5 nitrogen and oxygen atoms in total. The van der Waals surface area contributed by atoms with Crippen molar-refractivity contribution in [3.8, 4) is 11.8 Å². The van der Waals surface area contributed by atoms with Crippen molar-refractivity contribution >= 4 is 5.91 Å². The molecular formula is C18H18N2O3. The maximum absolute atomic E-state index is 12.7. The fourth-order valence-corrected chi connectivity index (χ4v) is 2.35. The molecular weight excluding hydrogens is 292 g/mol. The summed E-state index contributed by atoms with van der Waals surface area (Å²) in [5.41, 5.74) is 1.49. The Labute approximate surface area is 135 Å². The highest BCUT2D eigenvalue weighted by Crippen LogP contribution is 2.21. The van der Waals surface area contributed by atoms with E-state index in [4.69, 9.17) is 10.00 Å². The van der Waals surface area contributed by atoms with Crippen molar-refractivity contribution in [2.45, 2.75) is 6.54 Å². The van der Waals surface area contributed by atoms with Crippen LogP contribution in [0.15, 0.2) is 48.5 Å². The first-order valence-electron chi connectivity index (χ1n) is 7.22. The first kappa shape index (κ1) is 16.5. The van der Waals surface area contributed by atoms with Crippen LogP contribution < -0.4 is 4.74 Å². The standard InChI is InChI=1S/C18H18N2O3/c1-23-17-9-5-3-7-15(17)13-20(10-11-21)18(22)16-8-4-2-6-14(16)12-19/h2-9,21H,10-11,13H2,1H3. The first-order chi connectivity index (χ1) is 11.2. The lowest BCUT2D eigenvalue weighted by Gasteiger charge is -2.23. The molecule has 2 aromatic rings. The monoisotopic (exact) mass is 310 g/mol. The van der Waals surface area contributed by atoms with Crippen LogP contribution in [0.3, 0.4) is 0 Å². The molecule has 23 heavy (non-hydrogen) atoms. The Hall–Kier alpha value is -2.84. The highest BCUT2D eigenvalue weighted by Gasteiger charge is 2.19. The molecule has 2 aromatic carbocycles. The van der Waals surface area contributed by atoms with Crippen LogP contribution in [0, 0.1) is 11.3 Å². The minimum atomic E-state index is -0.290. The number of aliphatic hydroxyl groups excluding tert-OH is 1. The Balaban J connectivity index is 2.31. The number of nitrogens with zero attached hydrogens (tertiary/aromatic N) is 2. The van der Waals surface area contributed by atoms with E-state index in [9.17, 15) is 9.90 Å². The minimum Gasteiger partial charge on any atom is -0.496 e. The fourth-order valence-electron chi connectivity index (χ4n) is 2.35. The van der Waals surface area contributed by atoms with Gasteiger partial charge in [-0.15, -0.1) is 0 Å². The van der Waals surface area contributed by atoms with Crippen LogP contribution in [0.5, 0.6) is 5.75 Å². The van der Waals surface area contributed by atoms with Gasteiger partial charge in [0.25, 0.3) is 5.91 Å². The summed E-state index contributed by atoms with van der Waals surface area (Å²) in [6, 6.07) is 16.1. The Morgan fingerprint density at radius 2 is 1.91 bits per heavy atom. The number of nitriles is 1. The van der Waals surface area contributed by atoms with Gasteiger partial charge in [0.05, 0.1) is 30.9 Å². The number of amides is 1. The van der Waals surface area contributed by atoms with E-state index in [0.29, 0.717) is 23.4 Å². The lowest BCUT2D eigenvalue weighted by molar-refractivity contribution is 0.0706. The van der Waals surface area contributed by atoms with E-state index in [1.54, 1.807) is 31.4 Å². The number of rotatable bonds is 6. The summed E-state index contributed by atoms with van der Waals surface area (Å²) in [6.45, 7) is 0.315. The van der Waals surface area contributed by atoms with Gasteiger partial charge in [-0.3, -0.25) is 4.79 Å². The Bertz CT molecular complexity index is 722. The van der Waals surface area contributed by atoms with Gasteiger partial charge in [-0.25, -0.2) is 0 Å². The van der Waals surface area contributed by atoms with E-state index >= 15 is 0 Å². The number of aliphatic hydroxyl groups is 1. The zero-order chi connectivity index (χ0) is 16.7. The molecule has 1 amide bonds. The van der Waals surface area contributed by atoms with Crippen LogP contribution >= 0.6 is 0 Å². The summed E-state index contributed by atoms with van der Waals surface area (Å²) in [5, 5.41) is 18.4. The first-order valence-corrected chi connectivity index (χ1v) is 7.22. The van der Waals surface area contributed by atoms with Gasteiger partial charge in [-0.05, 0) is 18.2 Å². The molecule has 0 saturated heterocycles. The van der Waals surface area contributed by atoms with E-state index in [2.05, 4.69) is 0 Å². The van der Waals surface area contributed by atoms with Crippen LogP contribution in [0.2, 0.25) is 0 Å². The number of para-hydroxylation sites is 1. The number of hydrogen-bond acceptors (Lipinski definition) is 4. The van der Waals surface area contributed by atoms with Gasteiger partial charge in [0.2, 0.25) is 0 Å². The van der Waals surface area contributed by atoms with Crippen molar-refractivity contribution in [2.75, 3.05) is 20.3 Å². The second-order valence-electron chi connectivity index (χ2n) is 4.92. The molecule has 0 aliphatic heterocycles. The predicted octanol–water partition coefficient (Wildman–Crippen LogP) is 2.20. The topological polar surface area (TPSA) is 73.6 Å². The largest absolute Gasteiger partial charge is 0.496 e. The molecule has 0 atom stereocenters. The van der Waals surface area contributed by atoms with E-state index in [-0.39, 0.29) is 19.1 Å². The summed E-state index contributed by atoms with van der Waals surface area (Å²) >= 11 is 0. The van der Waals surface area contributed by atoms with Crippen LogP contribution in [0.25, 0.3) is 0 Å². The third-order valence-electron chi connectivity index (χ3n) is 3.49. The Morgan fingerprint density at radius 3 is 2.61 bits per heavy atom. The molecule has 0 aromatic heterocycles. The molecule has 0 aliphatic carbocycles. The maximum Gasteiger partial charge on any atom is 0.255 e. The third kappa shape index (κ3) is 3.87. The second-order valence-corrected chi connectivity index (χ2v) is 4.92. The van der Waals surface area contributed by atoms with Gasteiger partial charge >= 0.3 is 0 Å². The third-order valence-corrected chi connectivity index (χ3v) is 3.49. The van der Waals surface area contributed by atoms with E-state index in [0.717, 1.165) is 5.56 Å². The molecule has 5 heteroatoms. The molecule has 118 valence electrons. The number of carbonyl (C=O) groups excluding carboxylic acids is 1. The highest BCUT2D eigenvalue weighted by atomic mass is 16.5. The summed E-state index contributed by atoms with van der Waals surface area (Å²) < 4.78 is 5.30. The summed E-state index contributed by atoms with van der Waals surface area (Å²) in [6.07, 6.45) is 0. The molecule has 0 saturated carbocycles. The quantitative estimate of drug-likeness (QED) is 0.887. The maximum atomic E-state index is 12.7. The van der Waals surface area contributed by atoms with Gasteiger partial charge in [-0.1, -0.05) is 30.3 Å². The highest BCUT2D eigenvalue weighted by molar-refractivity contribution is 5.96. The van der Waals surface area contributed by atoms with Crippen LogP contribution in [-0.4, -0.2) is 36.2 Å². The average Bonchev–Trinajstić information content (AvgIpc) is 2.61. The summed E-state index contributed by atoms with van der Waals surface area (Å²) in [5.74, 6) is 0.388. The zero-order valence-corrected chi connectivity index (χ0v) is 12.9. The second kappa shape index (κ2) is 7.97. The van der Waals surface area contributed by atoms with Crippen LogP contribution in [0.1, 0.15) is 21.5 Å². The number of ether oxygens (including phenoxy) is 1. The Morgan fingerprint density at radius 1 is 1.22 bits per heavy atom.